The highest BCUT2D eigenvalue weighted by atomic mass is 19.3. The Hall–Kier alpha value is -1.25. The first kappa shape index (κ1) is 8.84. The van der Waals surface area contributed by atoms with E-state index in [1.54, 1.807) is 6.92 Å². The number of halogens is 2. The van der Waals surface area contributed by atoms with Gasteiger partial charge in [0.1, 0.15) is 0 Å². The average molecular weight is 169 g/mol. The van der Waals surface area contributed by atoms with E-state index in [1.807, 2.05) is 0 Å². The van der Waals surface area contributed by atoms with Crippen molar-refractivity contribution in [3.05, 3.63) is 35.7 Å². The highest BCUT2D eigenvalue weighted by molar-refractivity contribution is 5.52. The molecule has 1 nitrogen and oxygen atoms in total. The Kier molecular flexibility index (Phi) is 2.53. The Morgan fingerprint density at radius 3 is 2.67 bits per heavy atom. The Morgan fingerprint density at radius 2 is 2.25 bits per heavy atom. The third kappa shape index (κ3) is 1.49. The smallest absolute Gasteiger partial charge is 0.261 e. The number of nitrogens with zero attached hydrogens (tertiary/aromatic N) is 1. The monoisotopic (exact) mass is 169 g/mol. The number of aromatic nitrogens is 1. The van der Waals surface area contributed by atoms with Gasteiger partial charge in [0.25, 0.3) is 6.43 Å². The van der Waals surface area contributed by atoms with Gasteiger partial charge in [-0.3, -0.25) is 4.98 Å². The molecule has 0 radical (unpaired) electrons. The summed E-state index contributed by atoms with van der Waals surface area (Å²) in [6.45, 7) is 5.02. The fraction of sp³-hybridized carbons (Fsp3) is 0.222. The number of pyridine rings is 1. The number of rotatable bonds is 2. The molecular weight excluding hydrogens is 160 g/mol. The molecule has 0 saturated heterocycles. The minimum atomic E-state index is -2.48. The van der Waals surface area contributed by atoms with Crippen molar-refractivity contribution >= 4 is 6.08 Å². The fourth-order valence-corrected chi connectivity index (χ4v) is 1.06. The van der Waals surface area contributed by atoms with Crippen molar-refractivity contribution in [2.75, 3.05) is 0 Å². The maximum absolute atomic E-state index is 12.4. The van der Waals surface area contributed by atoms with E-state index in [0.717, 1.165) is 0 Å². The molecular formula is C9H9F2N. The molecule has 1 rings (SSSR count). The quantitative estimate of drug-likeness (QED) is 0.663. The van der Waals surface area contributed by atoms with Gasteiger partial charge in [-0.25, -0.2) is 8.78 Å². The Bertz CT molecular complexity index is 295. The summed E-state index contributed by atoms with van der Waals surface area (Å²) in [5.74, 6) is 0. The Morgan fingerprint density at radius 1 is 1.58 bits per heavy atom. The highest BCUT2D eigenvalue weighted by Crippen LogP contribution is 2.25. The Balaban J connectivity index is 3.29. The molecule has 1 heterocycles. The van der Waals surface area contributed by atoms with Crippen molar-refractivity contribution in [2.24, 2.45) is 0 Å². The van der Waals surface area contributed by atoms with E-state index in [2.05, 4.69) is 11.6 Å². The summed E-state index contributed by atoms with van der Waals surface area (Å²) < 4.78 is 24.8. The molecule has 0 fully saturated rings. The van der Waals surface area contributed by atoms with Crippen LogP contribution in [-0.4, -0.2) is 4.98 Å². The first-order valence-electron chi connectivity index (χ1n) is 3.53. The van der Waals surface area contributed by atoms with Gasteiger partial charge in [0.2, 0.25) is 0 Å². The van der Waals surface area contributed by atoms with Crippen LogP contribution in [0.25, 0.3) is 6.08 Å². The van der Waals surface area contributed by atoms with Crippen molar-refractivity contribution in [3.63, 3.8) is 0 Å². The van der Waals surface area contributed by atoms with E-state index in [4.69, 9.17) is 0 Å². The van der Waals surface area contributed by atoms with Crippen LogP contribution in [0.15, 0.2) is 18.8 Å². The van der Waals surface area contributed by atoms with Crippen LogP contribution >= 0.6 is 0 Å². The summed E-state index contributed by atoms with van der Waals surface area (Å²) in [7, 11) is 0. The van der Waals surface area contributed by atoms with Gasteiger partial charge in [-0.2, -0.15) is 0 Å². The zero-order valence-corrected chi connectivity index (χ0v) is 6.72. The molecule has 0 aliphatic rings. The minimum absolute atomic E-state index is 0.0208. The van der Waals surface area contributed by atoms with Gasteiger partial charge in [0.05, 0.1) is 0 Å². The first-order chi connectivity index (χ1) is 5.66. The molecule has 0 aliphatic heterocycles. The Labute approximate surface area is 69.8 Å². The standard InChI is InChI=1S/C9H9F2N/c1-3-7-4-5-12-6(2)8(7)9(10)11/h3-5,9H,1H2,2H3. The topological polar surface area (TPSA) is 12.9 Å². The molecule has 0 bridgehead atoms. The van der Waals surface area contributed by atoms with E-state index >= 15 is 0 Å². The van der Waals surface area contributed by atoms with Crippen LogP contribution in [0, 0.1) is 6.92 Å². The maximum Gasteiger partial charge on any atom is 0.266 e. The predicted molar refractivity (Wildman–Crippen MR) is 44.0 cm³/mol. The number of hydrogen-bond acceptors (Lipinski definition) is 1. The summed E-state index contributed by atoms with van der Waals surface area (Å²) in [4.78, 5) is 3.78. The second kappa shape index (κ2) is 3.43. The van der Waals surface area contributed by atoms with Crippen LogP contribution in [0.3, 0.4) is 0 Å². The molecule has 64 valence electrons. The van der Waals surface area contributed by atoms with Gasteiger partial charge in [-0.15, -0.1) is 0 Å². The van der Waals surface area contributed by atoms with E-state index in [0.29, 0.717) is 11.3 Å². The zero-order chi connectivity index (χ0) is 9.14. The van der Waals surface area contributed by atoms with Crippen LogP contribution in [0.4, 0.5) is 8.78 Å². The van der Waals surface area contributed by atoms with Crippen LogP contribution in [0.2, 0.25) is 0 Å². The van der Waals surface area contributed by atoms with Crippen LogP contribution in [0.1, 0.15) is 23.2 Å². The van der Waals surface area contributed by atoms with Gasteiger partial charge >= 0.3 is 0 Å². The lowest BCUT2D eigenvalue weighted by molar-refractivity contribution is 0.150. The molecule has 0 unspecified atom stereocenters. The largest absolute Gasteiger partial charge is 0.266 e. The summed E-state index contributed by atoms with van der Waals surface area (Å²) in [5.41, 5.74) is 0.799. The summed E-state index contributed by atoms with van der Waals surface area (Å²) in [6.07, 6.45) is 0.431. The zero-order valence-electron chi connectivity index (χ0n) is 6.72. The van der Waals surface area contributed by atoms with Crippen molar-refractivity contribution in [1.82, 2.24) is 4.98 Å². The molecule has 0 amide bonds. The van der Waals surface area contributed by atoms with Gasteiger partial charge in [-0.1, -0.05) is 12.7 Å². The molecule has 12 heavy (non-hydrogen) atoms. The van der Waals surface area contributed by atoms with Crippen LogP contribution < -0.4 is 0 Å². The lowest BCUT2D eigenvalue weighted by Crippen LogP contribution is -1.95. The van der Waals surface area contributed by atoms with E-state index in [1.165, 1.54) is 18.3 Å². The van der Waals surface area contributed by atoms with E-state index in [9.17, 15) is 8.78 Å². The SMILES string of the molecule is C=Cc1ccnc(C)c1C(F)F. The van der Waals surface area contributed by atoms with Crippen molar-refractivity contribution in [1.29, 1.82) is 0 Å². The van der Waals surface area contributed by atoms with Crippen molar-refractivity contribution < 1.29 is 8.78 Å². The lowest BCUT2D eigenvalue weighted by atomic mass is 10.1. The second-order valence-electron chi connectivity index (χ2n) is 2.40. The fourth-order valence-electron chi connectivity index (χ4n) is 1.06. The van der Waals surface area contributed by atoms with E-state index in [-0.39, 0.29) is 5.56 Å². The normalized spacial score (nSPS) is 10.3. The van der Waals surface area contributed by atoms with Gasteiger partial charge in [0, 0.05) is 17.5 Å². The maximum atomic E-state index is 12.4. The van der Waals surface area contributed by atoms with Crippen LogP contribution in [-0.2, 0) is 0 Å². The van der Waals surface area contributed by atoms with Crippen molar-refractivity contribution in [3.8, 4) is 0 Å². The molecule has 0 N–H and O–H groups in total. The van der Waals surface area contributed by atoms with Gasteiger partial charge in [0.15, 0.2) is 0 Å². The lowest BCUT2D eigenvalue weighted by Gasteiger charge is -2.06. The molecule has 0 atom stereocenters. The number of hydrogen-bond donors (Lipinski definition) is 0. The average Bonchev–Trinajstić information content (AvgIpc) is 2.03. The number of aryl methyl sites for hydroxylation is 1. The molecule has 3 heteroatoms. The molecule has 0 spiro atoms. The summed E-state index contributed by atoms with van der Waals surface area (Å²) in [6, 6.07) is 1.53. The third-order valence-corrected chi connectivity index (χ3v) is 1.66. The van der Waals surface area contributed by atoms with Crippen LogP contribution in [0.5, 0.6) is 0 Å². The van der Waals surface area contributed by atoms with Gasteiger partial charge < -0.3 is 0 Å². The molecule has 1 aromatic heterocycles. The summed E-state index contributed by atoms with van der Waals surface area (Å²) >= 11 is 0. The molecule has 0 aliphatic carbocycles. The highest BCUT2D eigenvalue weighted by Gasteiger charge is 2.14. The van der Waals surface area contributed by atoms with E-state index < -0.39 is 6.43 Å². The van der Waals surface area contributed by atoms with Crippen molar-refractivity contribution in [2.45, 2.75) is 13.3 Å². The second-order valence-corrected chi connectivity index (χ2v) is 2.40. The number of alkyl halides is 2. The van der Waals surface area contributed by atoms with Gasteiger partial charge in [-0.05, 0) is 18.6 Å². The minimum Gasteiger partial charge on any atom is -0.261 e. The molecule has 0 saturated carbocycles. The predicted octanol–water partition coefficient (Wildman–Crippen LogP) is 2.97. The molecule has 0 aromatic carbocycles. The summed E-state index contributed by atoms with van der Waals surface area (Å²) in [5, 5.41) is 0. The first-order valence-corrected chi connectivity index (χ1v) is 3.53. The molecule has 1 aromatic rings. The third-order valence-electron chi connectivity index (χ3n) is 1.66.